The van der Waals surface area contributed by atoms with Crippen molar-refractivity contribution >= 4 is 30.5 Å². The monoisotopic (exact) mass is 550 g/mol. The lowest BCUT2D eigenvalue weighted by Gasteiger charge is -2.38. The van der Waals surface area contributed by atoms with E-state index in [1.165, 1.54) is 32.9 Å². The minimum Gasteiger partial charge on any atom is -0.0656 e. The van der Waals surface area contributed by atoms with Gasteiger partial charge in [-0.1, -0.05) is 170 Å². The molecule has 0 aromatic heterocycles. The molecule has 0 heterocycles. The van der Waals surface area contributed by atoms with Crippen molar-refractivity contribution < 1.29 is 0 Å². The molecule has 0 nitrogen and oxygen atoms in total. The second-order valence-electron chi connectivity index (χ2n) is 14.0. The van der Waals surface area contributed by atoms with Crippen molar-refractivity contribution in [2.45, 2.75) is 78.2 Å². The largest absolute Gasteiger partial charge is 0.0794 e. The Morgan fingerprint density at radius 2 is 0.923 bits per heavy atom. The summed E-state index contributed by atoms with van der Waals surface area (Å²) in [5.74, 6) is 0. The molecule has 0 saturated heterocycles. The number of hydrogen-bond acceptors (Lipinski definition) is 0. The van der Waals surface area contributed by atoms with E-state index in [4.69, 9.17) is 0 Å². The van der Waals surface area contributed by atoms with Gasteiger partial charge >= 0.3 is 0 Å². The van der Waals surface area contributed by atoms with Crippen molar-refractivity contribution in [2.75, 3.05) is 0 Å². The molecule has 204 valence electrons. The van der Waals surface area contributed by atoms with Gasteiger partial charge in [0.2, 0.25) is 0 Å². The van der Waals surface area contributed by atoms with Crippen LogP contribution in [0.15, 0.2) is 109 Å². The summed E-state index contributed by atoms with van der Waals surface area (Å²) in [6.07, 6.45) is 1.03. The smallest absolute Gasteiger partial charge is 0.0656 e. The fraction of sp³-hybridized carbons (Fsp3) is 0.324. The molecule has 0 saturated carbocycles. The van der Waals surface area contributed by atoms with Gasteiger partial charge in [0.15, 0.2) is 0 Å². The molecule has 0 atom stereocenters. The van der Waals surface area contributed by atoms with Crippen LogP contribution in [0.3, 0.4) is 0 Å². The van der Waals surface area contributed by atoms with E-state index in [9.17, 15) is 0 Å². The summed E-state index contributed by atoms with van der Waals surface area (Å²) >= 11 is 0. The third-order valence-corrected chi connectivity index (χ3v) is 16.8. The summed E-state index contributed by atoms with van der Waals surface area (Å²) in [4.78, 5) is 1.70. The van der Waals surface area contributed by atoms with Crippen LogP contribution in [0.1, 0.15) is 63.8 Å². The van der Waals surface area contributed by atoms with Crippen LogP contribution < -0.4 is 10.6 Å². The van der Waals surface area contributed by atoms with Crippen LogP contribution in [-0.2, 0) is 17.0 Å². The summed E-state index contributed by atoms with van der Waals surface area (Å²) in [6, 6.07) is 42.0. The highest BCUT2D eigenvalue weighted by Crippen LogP contribution is 2.53. The van der Waals surface area contributed by atoms with Crippen LogP contribution in [0.2, 0.25) is 19.6 Å². The molecule has 2 heteroatoms. The molecule has 0 radical (unpaired) electrons. The topological polar surface area (TPSA) is 0 Å². The highest BCUT2D eigenvalue weighted by atomic mass is 31.2. The Kier molecular flexibility index (Phi) is 8.37. The number of rotatable bonds is 6. The van der Waals surface area contributed by atoms with E-state index in [2.05, 4.69) is 170 Å². The fourth-order valence-electron chi connectivity index (χ4n) is 5.77. The lowest BCUT2D eigenvalue weighted by atomic mass is 9.87. The van der Waals surface area contributed by atoms with E-state index in [0.29, 0.717) is 0 Å². The summed E-state index contributed by atoms with van der Waals surface area (Å²) in [5, 5.41) is 2.96. The van der Waals surface area contributed by atoms with Gasteiger partial charge in [-0.3, -0.25) is 0 Å². The molecule has 0 bridgehead atoms. The molecular weight excluding hydrogens is 503 g/mol. The standard InChI is InChI=1S/C37H47PSi/c1-36(2,3)31-24-20-29(21-25-31)28-38(33-16-12-10-13-17-33,34-18-14-11-15-19-34)35(39(7,8)9)30-22-26-32(27-23-30)37(4,5)6/h10-27H,28H2,1-9H3. The zero-order chi connectivity index (χ0) is 28.5. The lowest BCUT2D eigenvalue weighted by molar-refractivity contribution is 0.590. The first-order valence-corrected chi connectivity index (χ1v) is 19.8. The number of hydrogen-bond donors (Lipinski definition) is 0. The molecule has 0 unspecified atom stereocenters. The Bertz CT molecular complexity index is 1380. The zero-order valence-electron chi connectivity index (χ0n) is 25.5. The zero-order valence-corrected chi connectivity index (χ0v) is 27.4. The van der Waals surface area contributed by atoms with Crippen LogP contribution in [0.25, 0.3) is 0 Å². The molecule has 39 heavy (non-hydrogen) atoms. The van der Waals surface area contributed by atoms with E-state index >= 15 is 0 Å². The first kappa shape index (κ1) is 29.4. The van der Waals surface area contributed by atoms with Crippen molar-refractivity contribution in [3.8, 4) is 0 Å². The highest BCUT2D eigenvalue weighted by molar-refractivity contribution is 7.92. The molecule has 4 rings (SSSR count). The predicted octanol–water partition coefficient (Wildman–Crippen LogP) is 9.55. The normalized spacial score (nSPS) is 12.8. The van der Waals surface area contributed by atoms with Crippen LogP contribution in [-0.4, -0.2) is 13.0 Å². The van der Waals surface area contributed by atoms with E-state index in [1.807, 2.05) is 0 Å². The van der Waals surface area contributed by atoms with Gasteiger partial charge in [-0.2, -0.15) is 0 Å². The molecule has 0 amide bonds. The molecule has 4 aromatic carbocycles. The molecule has 0 aliphatic rings. The molecule has 4 aromatic rings. The summed E-state index contributed by atoms with van der Waals surface area (Å²) in [7, 11) is -1.82. The number of benzene rings is 4. The van der Waals surface area contributed by atoms with Crippen LogP contribution >= 0.6 is 6.89 Å². The van der Waals surface area contributed by atoms with Crippen molar-refractivity contribution in [1.82, 2.24) is 0 Å². The molecule has 0 fully saturated rings. The molecule has 0 aliphatic carbocycles. The Labute approximate surface area is 239 Å². The van der Waals surface area contributed by atoms with E-state index < -0.39 is 15.0 Å². The maximum absolute atomic E-state index is 2.54. The van der Waals surface area contributed by atoms with Crippen molar-refractivity contribution in [3.63, 3.8) is 0 Å². The average molecular weight is 551 g/mol. The van der Waals surface area contributed by atoms with Crippen LogP contribution in [0.4, 0.5) is 0 Å². The van der Waals surface area contributed by atoms with E-state index in [0.717, 1.165) is 6.16 Å². The Morgan fingerprint density at radius 1 is 0.538 bits per heavy atom. The van der Waals surface area contributed by atoms with E-state index in [1.54, 1.807) is 4.92 Å². The van der Waals surface area contributed by atoms with E-state index in [-0.39, 0.29) is 10.8 Å². The van der Waals surface area contributed by atoms with Gasteiger partial charge in [-0.25, -0.2) is 0 Å². The lowest BCUT2D eigenvalue weighted by Crippen LogP contribution is -2.40. The van der Waals surface area contributed by atoms with Gasteiger partial charge in [-0.15, -0.1) is 0 Å². The first-order valence-electron chi connectivity index (χ1n) is 14.3. The summed E-state index contributed by atoms with van der Waals surface area (Å²) in [6.45, 7) is 19.4. The maximum Gasteiger partial charge on any atom is 0.0794 e. The van der Waals surface area contributed by atoms with Crippen LogP contribution in [0, 0.1) is 0 Å². The Balaban J connectivity index is 2.12. The van der Waals surface area contributed by atoms with Gasteiger partial charge in [0, 0.05) is 6.16 Å². The minimum atomic E-state index is -2.01. The predicted molar refractivity (Wildman–Crippen MR) is 181 cm³/mol. The van der Waals surface area contributed by atoms with Gasteiger partial charge in [-0.05, 0) is 55.5 Å². The van der Waals surface area contributed by atoms with Crippen molar-refractivity contribution in [2.24, 2.45) is 0 Å². The highest BCUT2D eigenvalue weighted by Gasteiger charge is 2.35. The second-order valence-corrected chi connectivity index (χ2v) is 22.8. The first-order chi connectivity index (χ1) is 18.2. The Hall–Kier alpha value is -2.60. The van der Waals surface area contributed by atoms with Crippen LogP contribution in [0.5, 0.6) is 0 Å². The van der Waals surface area contributed by atoms with Crippen molar-refractivity contribution in [1.29, 1.82) is 0 Å². The molecule has 0 N–H and O–H groups in total. The summed E-state index contributed by atoms with van der Waals surface area (Å²) in [5.41, 5.74) is 5.91. The van der Waals surface area contributed by atoms with Gasteiger partial charge in [0.05, 0.1) is 8.07 Å². The average Bonchev–Trinajstić information content (AvgIpc) is 2.88. The van der Waals surface area contributed by atoms with Crippen molar-refractivity contribution in [3.05, 3.63) is 131 Å². The minimum absolute atomic E-state index is 0.137. The summed E-state index contributed by atoms with van der Waals surface area (Å²) < 4.78 is 0. The Morgan fingerprint density at radius 3 is 1.28 bits per heavy atom. The molecule has 0 spiro atoms. The molecule has 0 aliphatic heterocycles. The fourth-order valence-corrected chi connectivity index (χ4v) is 16.4. The SMILES string of the molecule is CC(C)(C)c1ccc(CP(=C(c2ccc(C(C)(C)C)cc2)[Si](C)(C)C)(c2ccccc2)c2ccccc2)cc1. The van der Waals surface area contributed by atoms with Gasteiger partial charge < -0.3 is 0 Å². The third kappa shape index (κ3) is 6.42. The quantitative estimate of drug-likeness (QED) is 0.166. The van der Waals surface area contributed by atoms with Gasteiger partial charge in [0.25, 0.3) is 0 Å². The second kappa shape index (κ2) is 11.1. The maximum atomic E-state index is 2.54. The van der Waals surface area contributed by atoms with Gasteiger partial charge in [0.1, 0.15) is 0 Å². The molecular formula is C37H47PSi. The third-order valence-electron chi connectivity index (χ3n) is 7.75.